The highest BCUT2D eigenvalue weighted by molar-refractivity contribution is 6.39. The van der Waals surface area contributed by atoms with Gasteiger partial charge in [0.05, 0.1) is 22.2 Å². The van der Waals surface area contributed by atoms with Gasteiger partial charge in [0.1, 0.15) is 0 Å². The van der Waals surface area contributed by atoms with Crippen LogP contribution in [0, 0.1) is 0 Å². The molecular formula is C28H28N4O2. The van der Waals surface area contributed by atoms with Gasteiger partial charge in [0.25, 0.3) is 11.8 Å². The van der Waals surface area contributed by atoms with Gasteiger partial charge in [-0.05, 0) is 38.2 Å². The number of imide groups is 1. The maximum Gasteiger partial charge on any atom is 0.259 e. The van der Waals surface area contributed by atoms with Crippen molar-refractivity contribution in [3.63, 3.8) is 0 Å². The zero-order valence-corrected chi connectivity index (χ0v) is 19.8. The van der Waals surface area contributed by atoms with E-state index in [4.69, 9.17) is 0 Å². The van der Waals surface area contributed by atoms with Gasteiger partial charge < -0.3 is 14.0 Å². The zero-order chi connectivity index (χ0) is 23.6. The van der Waals surface area contributed by atoms with Gasteiger partial charge >= 0.3 is 0 Å². The monoisotopic (exact) mass is 452 g/mol. The summed E-state index contributed by atoms with van der Waals surface area (Å²) in [6.45, 7) is 8.32. The molecule has 0 saturated heterocycles. The molecule has 5 aromatic rings. The van der Waals surface area contributed by atoms with E-state index in [-0.39, 0.29) is 11.8 Å². The highest BCUT2D eigenvalue weighted by atomic mass is 16.2. The van der Waals surface area contributed by atoms with Crippen LogP contribution in [0.1, 0.15) is 41.0 Å². The van der Waals surface area contributed by atoms with Crippen molar-refractivity contribution in [1.82, 2.24) is 19.4 Å². The molecule has 0 saturated carbocycles. The summed E-state index contributed by atoms with van der Waals surface area (Å²) in [7, 11) is 1.99. The fraction of sp³-hybridized carbons (Fsp3) is 0.286. The van der Waals surface area contributed by atoms with Crippen LogP contribution >= 0.6 is 0 Å². The van der Waals surface area contributed by atoms with E-state index in [1.54, 1.807) is 0 Å². The number of benzene rings is 3. The predicted molar refractivity (Wildman–Crippen MR) is 138 cm³/mol. The number of fused-ring (bicyclic) bond motifs is 10. The minimum atomic E-state index is -0.307. The average molecular weight is 453 g/mol. The molecule has 34 heavy (non-hydrogen) atoms. The summed E-state index contributed by atoms with van der Waals surface area (Å²) in [5.41, 5.74) is 4.15. The molecule has 0 aliphatic carbocycles. The van der Waals surface area contributed by atoms with Gasteiger partial charge in [-0.1, -0.05) is 44.2 Å². The first-order chi connectivity index (χ1) is 16.5. The van der Waals surface area contributed by atoms with Crippen molar-refractivity contribution >= 4 is 55.3 Å². The van der Waals surface area contributed by atoms with Gasteiger partial charge in [0.15, 0.2) is 0 Å². The summed E-state index contributed by atoms with van der Waals surface area (Å²) >= 11 is 0. The Morgan fingerprint density at radius 2 is 1.56 bits per heavy atom. The third-order valence-electron chi connectivity index (χ3n) is 7.45. The van der Waals surface area contributed by atoms with E-state index in [9.17, 15) is 9.59 Å². The quantitative estimate of drug-likeness (QED) is 0.367. The molecule has 3 aromatic carbocycles. The number of aromatic nitrogens is 2. The van der Waals surface area contributed by atoms with Crippen LogP contribution in [0.5, 0.6) is 0 Å². The van der Waals surface area contributed by atoms with E-state index in [2.05, 4.69) is 59.0 Å². The number of hydrogen-bond donors (Lipinski definition) is 1. The Balaban J connectivity index is 1.75. The number of rotatable bonds is 6. The molecule has 172 valence electrons. The Hall–Kier alpha value is -3.64. The van der Waals surface area contributed by atoms with E-state index in [1.165, 1.54) is 0 Å². The molecule has 6 heteroatoms. The Bertz CT molecular complexity index is 1640. The van der Waals surface area contributed by atoms with Crippen molar-refractivity contribution in [2.75, 3.05) is 19.6 Å². The van der Waals surface area contributed by atoms with Gasteiger partial charge in [-0.2, -0.15) is 0 Å². The molecule has 0 unspecified atom stereocenters. The van der Waals surface area contributed by atoms with E-state index >= 15 is 0 Å². The lowest BCUT2D eigenvalue weighted by atomic mass is 9.93. The highest BCUT2D eigenvalue weighted by Gasteiger charge is 2.35. The second-order valence-corrected chi connectivity index (χ2v) is 9.16. The van der Waals surface area contributed by atoms with Gasteiger partial charge in [-0.25, -0.2) is 0 Å². The number of aryl methyl sites for hydroxylation is 2. The SMILES string of the molecule is CCN(CC)CCCn1c2ccccc2c2c3c(c4c(ccc5ccn(C)c54)c21)C(=O)NC3=O. The normalized spacial score (nSPS) is 13.8. The lowest BCUT2D eigenvalue weighted by Crippen LogP contribution is -2.24. The topological polar surface area (TPSA) is 59.3 Å². The maximum atomic E-state index is 13.2. The highest BCUT2D eigenvalue weighted by Crippen LogP contribution is 2.43. The van der Waals surface area contributed by atoms with Gasteiger partial charge in [-0.15, -0.1) is 0 Å². The number of carbonyl (C=O) groups is 2. The predicted octanol–water partition coefficient (Wildman–Crippen LogP) is 5.05. The second-order valence-electron chi connectivity index (χ2n) is 9.16. The molecule has 0 atom stereocenters. The number of carbonyl (C=O) groups excluding carboxylic acids is 2. The lowest BCUT2D eigenvalue weighted by molar-refractivity contribution is 0.0880. The summed E-state index contributed by atoms with van der Waals surface area (Å²) in [6.07, 6.45) is 3.01. The molecule has 0 fully saturated rings. The fourth-order valence-electron chi connectivity index (χ4n) is 5.83. The molecule has 0 radical (unpaired) electrons. The maximum absolute atomic E-state index is 13.2. The van der Waals surface area contributed by atoms with Crippen molar-refractivity contribution in [3.05, 3.63) is 59.8 Å². The number of nitrogens with zero attached hydrogens (tertiary/aromatic N) is 3. The van der Waals surface area contributed by atoms with Crippen molar-refractivity contribution < 1.29 is 9.59 Å². The number of para-hydroxylation sites is 1. The van der Waals surface area contributed by atoms with Crippen molar-refractivity contribution in [2.24, 2.45) is 7.05 Å². The van der Waals surface area contributed by atoms with E-state index < -0.39 is 0 Å². The molecule has 0 bridgehead atoms. The van der Waals surface area contributed by atoms with Gasteiger partial charge in [0, 0.05) is 52.2 Å². The van der Waals surface area contributed by atoms with Crippen LogP contribution in [0.3, 0.4) is 0 Å². The number of hydrogen-bond acceptors (Lipinski definition) is 3. The molecule has 6 nitrogen and oxygen atoms in total. The molecule has 2 aromatic heterocycles. The first-order valence-corrected chi connectivity index (χ1v) is 12.1. The van der Waals surface area contributed by atoms with Gasteiger partial charge in [-0.3, -0.25) is 14.9 Å². The van der Waals surface area contributed by atoms with Crippen LogP contribution in [-0.4, -0.2) is 45.5 Å². The molecule has 0 spiro atoms. The molecular weight excluding hydrogens is 424 g/mol. The summed E-state index contributed by atoms with van der Waals surface area (Å²) in [6, 6.07) is 14.5. The molecule has 1 aliphatic heterocycles. The molecule has 3 heterocycles. The first-order valence-electron chi connectivity index (χ1n) is 12.1. The summed E-state index contributed by atoms with van der Waals surface area (Å²) in [5.74, 6) is -0.608. The van der Waals surface area contributed by atoms with Crippen molar-refractivity contribution in [1.29, 1.82) is 0 Å². The number of amides is 2. The second kappa shape index (κ2) is 7.71. The van der Waals surface area contributed by atoms with Gasteiger partial charge in [0.2, 0.25) is 0 Å². The van der Waals surface area contributed by atoms with Crippen molar-refractivity contribution in [2.45, 2.75) is 26.8 Å². The Labute approximate surface area is 197 Å². The third kappa shape index (κ3) is 2.78. The van der Waals surface area contributed by atoms with Crippen molar-refractivity contribution in [3.8, 4) is 0 Å². The molecule has 2 amide bonds. The van der Waals surface area contributed by atoms with E-state index in [1.807, 2.05) is 29.9 Å². The standard InChI is InChI=1S/C28H28N4O2/c1-4-31(5-2)14-8-15-32-20-10-7-6-9-18(20)21-23-24(28(34)29-27(23)33)22-19(26(21)32)12-11-17-13-16-30(3)25(17)22/h6-7,9-13,16H,4-5,8,14-15H2,1-3H3,(H,29,33,34). The van der Waals surface area contributed by atoms with E-state index in [0.717, 1.165) is 76.1 Å². The summed E-state index contributed by atoms with van der Waals surface area (Å²) in [5, 5.41) is 7.45. The van der Waals surface area contributed by atoms with Crippen LogP contribution in [0.2, 0.25) is 0 Å². The smallest absolute Gasteiger partial charge is 0.259 e. The fourth-order valence-corrected chi connectivity index (χ4v) is 5.83. The molecule has 6 rings (SSSR count). The van der Waals surface area contributed by atoms with Crippen LogP contribution in [-0.2, 0) is 13.6 Å². The summed E-state index contributed by atoms with van der Waals surface area (Å²) < 4.78 is 4.41. The average Bonchev–Trinajstić information content (AvgIpc) is 3.48. The Morgan fingerprint density at radius 3 is 2.29 bits per heavy atom. The minimum Gasteiger partial charge on any atom is -0.350 e. The Kier molecular flexibility index (Phi) is 4.74. The zero-order valence-electron chi connectivity index (χ0n) is 19.8. The van der Waals surface area contributed by atoms with E-state index in [0.29, 0.717) is 11.1 Å². The minimum absolute atomic E-state index is 0.302. The first kappa shape index (κ1) is 20.9. The Morgan fingerprint density at radius 1 is 0.853 bits per heavy atom. The third-order valence-corrected chi connectivity index (χ3v) is 7.45. The van der Waals surface area contributed by atoms with Crippen LogP contribution < -0.4 is 5.32 Å². The number of nitrogens with one attached hydrogen (secondary N) is 1. The summed E-state index contributed by atoms with van der Waals surface area (Å²) in [4.78, 5) is 28.7. The van der Waals surface area contributed by atoms with Crippen LogP contribution in [0.25, 0.3) is 43.5 Å². The largest absolute Gasteiger partial charge is 0.350 e. The van der Waals surface area contributed by atoms with Crippen LogP contribution in [0.15, 0.2) is 48.7 Å². The lowest BCUT2D eigenvalue weighted by Gasteiger charge is -2.18. The molecule has 1 N–H and O–H groups in total. The van der Waals surface area contributed by atoms with Crippen LogP contribution in [0.4, 0.5) is 0 Å². The molecule has 1 aliphatic rings.